The van der Waals surface area contributed by atoms with Gasteiger partial charge in [-0.2, -0.15) is 11.8 Å². The molecule has 1 aromatic carbocycles. The first-order valence-corrected chi connectivity index (χ1v) is 8.72. The number of nitrogens with two attached hydrogens (primary N) is 1. The van der Waals surface area contributed by atoms with Crippen LogP contribution in [0.5, 0.6) is 5.75 Å². The van der Waals surface area contributed by atoms with Crippen molar-refractivity contribution in [2.24, 2.45) is 5.73 Å². The minimum absolute atomic E-state index is 0.141. The van der Waals surface area contributed by atoms with Crippen molar-refractivity contribution >= 4 is 17.7 Å². The van der Waals surface area contributed by atoms with E-state index >= 15 is 0 Å². The van der Waals surface area contributed by atoms with Crippen molar-refractivity contribution in [2.45, 2.75) is 50.9 Å². The number of carbonyl (C=O) groups is 1. The van der Waals surface area contributed by atoms with Gasteiger partial charge in [0.15, 0.2) is 0 Å². The Balaban J connectivity index is 2.84. The van der Waals surface area contributed by atoms with Gasteiger partial charge in [-0.25, -0.2) is 0 Å². The fourth-order valence-electron chi connectivity index (χ4n) is 2.04. The zero-order valence-electron chi connectivity index (χ0n) is 14.4. The highest BCUT2D eigenvalue weighted by Gasteiger charge is 2.34. The van der Waals surface area contributed by atoms with Gasteiger partial charge in [-0.3, -0.25) is 4.79 Å². The van der Waals surface area contributed by atoms with Crippen molar-refractivity contribution in [3.05, 3.63) is 29.8 Å². The van der Waals surface area contributed by atoms with Crippen LogP contribution in [0.15, 0.2) is 24.3 Å². The van der Waals surface area contributed by atoms with Crippen molar-refractivity contribution in [1.29, 1.82) is 0 Å². The molecule has 1 rings (SSSR count). The Kier molecular flexibility index (Phi) is 6.32. The Morgan fingerprint density at radius 3 is 2.27 bits per heavy atom. The van der Waals surface area contributed by atoms with Gasteiger partial charge in [0.25, 0.3) is 0 Å². The lowest BCUT2D eigenvalue weighted by atomic mass is 9.92. The Labute approximate surface area is 138 Å². The number of hydrogen-bond acceptors (Lipinski definition) is 4. The van der Waals surface area contributed by atoms with Gasteiger partial charge in [0, 0.05) is 4.75 Å². The summed E-state index contributed by atoms with van der Waals surface area (Å²) in [4.78, 5) is 12.4. The highest BCUT2D eigenvalue weighted by Crippen LogP contribution is 2.27. The van der Waals surface area contributed by atoms with Crippen LogP contribution in [-0.4, -0.2) is 29.6 Å². The van der Waals surface area contributed by atoms with E-state index in [1.807, 2.05) is 65.1 Å². The lowest BCUT2D eigenvalue weighted by Gasteiger charge is -2.33. The number of ether oxygens (including phenoxy) is 1. The number of amides is 1. The molecule has 0 spiro atoms. The van der Waals surface area contributed by atoms with Crippen molar-refractivity contribution in [1.82, 2.24) is 5.32 Å². The van der Waals surface area contributed by atoms with E-state index in [2.05, 4.69) is 5.32 Å². The van der Waals surface area contributed by atoms with E-state index in [-0.39, 0.29) is 10.7 Å². The van der Waals surface area contributed by atoms with Gasteiger partial charge in [-0.1, -0.05) is 12.1 Å². The summed E-state index contributed by atoms with van der Waals surface area (Å²) in [6.07, 6.45) is 1.96. The number of benzene rings is 1. The summed E-state index contributed by atoms with van der Waals surface area (Å²) in [6.45, 7) is 10.5. The van der Waals surface area contributed by atoms with Gasteiger partial charge in [0.05, 0.1) is 18.2 Å². The molecule has 3 N–H and O–H groups in total. The Bertz CT molecular complexity index is 498. The molecule has 1 amide bonds. The first-order chi connectivity index (χ1) is 10.1. The third-order valence-electron chi connectivity index (χ3n) is 3.88. The monoisotopic (exact) mass is 324 g/mol. The van der Waals surface area contributed by atoms with E-state index in [0.29, 0.717) is 6.61 Å². The molecule has 22 heavy (non-hydrogen) atoms. The number of rotatable bonds is 7. The maximum atomic E-state index is 12.4. The quantitative estimate of drug-likeness (QED) is 0.809. The highest BCUT2D eigenvalue weighted by atomic mass is 32.2. The fourth-order valence-corrected chi connectivity index (χ4v) is 2.40. The lowest BCUT2D eigenvalue weighted by Crippen LogP contribution is -2.55. The molecule has 0 unspecified atom stereocenters. The Morgan fingerprint density at radius 1 is 1.27 bits per heavy atom. The first kappa shape index (κ1) is 18.8. The molecule has 0 aliphatic carbocycles. The van der Waals surface area contributed by atoms with Gasteiger partial charge < -0.3 is 15.8 Å². The van der Waals surface area contributed by atoms with Crippen LogP contribution >= 0.6 is 11.8 Å². The molecule has 0 aromatic heterocycles. The highest BCUT2D eigenvalue weighted by molar-refractivity contribution is 8.00. The minimum atomic E-state index is -0.565. The van der Waals surface area contributed by atoms with E-state index in [9.17, 15) is 4.79 Å². The molecule has 0 saturated heterocycles. The van der Waals surface area contributed by atoms with Gasteiger partial charge >= 0.3 is 0 Å². The molecule has 124 valence electrons. The smallest absolute Gasteiger partial charge is 0.239 e. The summed E-state index contributed by atoms with van der Waals surface area (Å²) in [5, 5.41) is 3.05. The molecular formula is C17H28N2O2S. The van der Waals surface area contributed by atoms with E-state index in [1.54, 1.807) is 11.8 Å². The van der Waals surface area contributed by atoms with Gasteiger partial charge in [-0.15, -0.1) is 0 Å². The van der Waals surface area contributed by atoms with Crippen molar-refractivity contribution in [3.8, 4) is 5.75 Å². The standard InChI is InChI=1S/C17H28N2O2S/c1-7-21-13-10-8-12(9-11-13)16(2,3)19-15(20)14(18)17(4,5)22-6/h8-11,14H,7,18H2,1-6H3,(H,19,20)/t14-/m1/s1. The molecule has 1 atom stereocenters. The number of nitrogens with one attached hydrogen (secondary N) is 1. The summed E-state index contributed by atoms with van der Waals surface area (Å²) >= 11 is 1.59. The molecule has 1 aromatic rings. The molecule has 4 nitrogen and oxygen atoms in total. The summed E-state index contributed by atoms with van der Waals surface area (Å²) in [7, 11) is 0. The molecule has 0 radical (unpaired) electrons. The fraction of sp³-hybridized carbons (Fsp3) is 0.588. The largest absolute Gasteiger partial charge is 0.494 e. The van der Waals surface area contributed by atoms with Crippen molar-refractivity contribution in [2.75, 3.05) is 12.9 Å². The summed E-state index contributed by atoms with van der Waals surface area (Å²) in [5.74, 6) is 0.687. The zero-order chi connectivity index (χ0) is 17.0. The van der Waals surface area contributed by atoms with Crippen LogP contribution in [0.25, 0.3) is 0 Å². The summed E-state index contributed by atoms with van der Waals surface area (Å²) in [5.41, 5.74) is 6.62. The number of hydrogen-bond donors (Lipinski definition) is 2. The average molecular weight is 324 g/mol. The second-order valence-electron chi connectivity index (χ2n) is 6.36. The Hall–Kier alpha value is -1.20. The van der Waals surface area contributed by atoms with Gasteiger partial charge in [0.2, 0.25) is 5.91 Å². The number of thioether (sulfide) groups is 1. The van der Waals surface area contributed by atoms with E-state index in [0.717, 1.165) is 11.3 Å². The molecule has 0 heterocycles. The van der Waals surface area contributed by atoms with E-state index < -0.39 is 11.6 Å². The minimum Gasteiger partial charge on any atom is -0.494 e. The van der Waals surface area contributed by atoms with Gasteiger partial charge in [0.1, 0.15) is 5.75 Å². The molecular weight excluding hydrogens is 296 g/mol. The normalized spacial score (nSPS) is 13.6. The van der Waals surface area contributed by atoms with Crippen molar-refractivity contribution < 1.29 is 9.53 Å². The zero-order valence-corrected chi connectivity index (χ0v) is 15.2. The first-order valence-electron chi connectivity index (χ1n) is 7.50. The van der Waals surface area contributed by atoms with Crippen LogP contribution < -0.4 is 15.8 Å². The van der Waals surface area contributed by atoms with E-state index in [4.69, 9.17) is 10.5 Å². The van der Waals surface area contributed by atoms with Gasteiger partial charge in [-0.05, 0) is 58.6 Å². The summed E-state index contributed by atoms with van der Waals surface area (Å²) < 4.78 is 5.14. The number of carbonyl (C=O) groups excluding carboxylic acids is 1. The van der Waals surface area contributed by atoms with Crippen LogP contribution in [0, 0.1) is 0 Å². The predicted octanol–water partition coefficient (Wildman–Crippen LogP) is 2.91. The van der Waals surface area contributed by atoms with E-state index in [1.165, 1.54) is 0 Å². The van der Waals surface area contributed by atoms with Crippen LogP contribution in [-0.2, 0) is 10.3 Å². The third kappa shape index (κ3) is 4.65. The topological polar surface area (TPSA) is 64.3 Å². The SMILES string of the molecule is CCOc1ccc(C(C)(C)NC(=O)[C@@H](N)C(C)(C)SC)cc1. The molecule has 0 fully saturated rings. The molecule has 0 bridgehead atoms. The molecule has 5 heteroatoms. The molecule has 0 aliphatic heterocycles. The predicted molar refractivity (Wildman–Crippen MR) is 94.3 cm³/mol. The van der Waals surface area contributed by atoms with Crippen LogP contribution in [0.3, 0.4) is 0 Å². The van der Waals surface area contributed by atoms with Crippen molar-refractivity contribution in [3.63, 3.8) is 0 Å². The van der Waals surface area contributed by atoms with Crippen LogP contribution in [0.1, 0.15) is 40.2 Å². The average Bonchev–Trinajstić information content (AvgIpc) is 2.46. The third-order valence-corrected chi connectivity index (χ3v) is 5.19. The molecule has 0 aliphatic rings. The lowest BCUT2D eigenvalue weighted by molar-refractivity contribution is -0.124. The molecule has 0 saturated carbocycles. The second kappa shape index (κ2) is 7.38. The maximum Gasteiger partial charge on any atom is 0.239 e. The maximum absolute atomic E-state index is 12.4. The van der Waals surface area contributed by atoms with Crippen LogP contribution in [0.2, 0.25) is 0 Å². The summed E-state index contributed by atoms with van der Waals surface area (Å²) in [6, 6.07) is 7.20. The van der Waals surface area contributed by atoms with Crippen LogP contribution in [0.4, 0.5) is 0 Å². The Morgan fingerprint density at radius 2 is 1.82 bits per heavy atom. The second-order valence-corrected chi connectivity index (χ2v) is 7.82.